The van der Waals surface area contributed by atoms with E-state index in [1.54, 1.807) is 0 Å². The molecule has 74 valence electrons. The largest absolute Gasteiger partial charge is 0.469 e. The van der Waals surface area contributed by atoms with Gasteiger partial charge < -0.3 is 9.58 Å². The highest BCUT2D eigenvalue weighted by atomic mass is 32.1. The number of esters is 1. The molecule has 0 saturated carbocycles. The van der Waals surface area contributed by atoms with Gasteiger partial charge in [0.25, 0.3) is 6.04 Å². The summed E-state index contributed by atoms with van der Waals surface area (Å²) in [6.07, 6.45) is 0.139. The van der Waals surface area contributed by atoms with E-state index < -0.39 is 0 Å². The monoisotopic (exact) mass is 209 g/mol. The van der Waals surface area contributed by atoms with Gasteiger partial charge in [0, 0.05) is 0 Å². The number of carbonyl (C=O) groups is 1. The van der Waals surface area contributed by atoms with Crippen molar-refractivity contribution in [3.8, 4) is 0 Å². The molecule has 1 aromatic heterocycles. The zero-order valence-electron chi connectivity index (χ0n) is 8.11. The van der Waals surface area contributed by atoms with Gasteiger partial charge in [0.15, 0.2) is 0 Å². The Labute approximate surface area is 87.1 Å². The number of aryl methyl sites for hydroxylation is 1. The minimum atomic E-state index is -0.388. The predicted octanol–water partition coefficient (Wildman–Crippen LogP) is 2.58. The fraction of sp³-hybridized carbons (Fsp3) is 0.400. The van der Waals surface area contributed by atoms with Crippen LogP contribution in [0.3, 0.4) is 0 Å². The Balaban J connectivity index is 2.74. The molecule has 0 saturated heterocycles. The molecule has 3 nitrogen and oxygen atoms in total. The fourth-order valence-electron chi connectivity index (χ4n) is 1.08. The van der Waals surface area contributed by atoms with Crippen LogP contribution in [-0.4, -0.2) is 13.1 Å². The molecule has 0 aliphatic carbocycles. The third-order valence-corrected chi connectivity index (χ3v) is 2.97. The molecule has 1 aromatic rings. The molecule has 0 aromatic carbocycles. The average molecular weight is 209 g/mol. The maximum absolute atomic E-state index is 11.0. The van der Waals surface area contributed by atoms with Gasteiger partial charge in [-0.05, 0) is 23.9 Å². The van der Waals surface area contributed by atoms with Crippen LogP contribution in [0.15, 0.2) is 11.4 Å². The first-order chi connectivity index (χ1) is 6.67. The van der Waals surface area contributed by atoms with Crippen molar-refractivity contribution in [3.63, 3.8) is 0 Å². The van der Waals surface area contributed by atoms with Gasteiger partial charge in [-0.25, -0.2) is 6.57 Å². The fourth-order valence-corrected chi connectivity index (χ4v) is 2.02. The van der Waals surface area contributed by atoms with Crippen molar-refractivity contribution in [2.45, 2.75) is 19.4 Å². The average Bonchev–Trinajstić information content (AvgIpc) is 2.60. The van der Waals surface area contributed by atoms with Gasteiger partial charge in [0.1, 0.15) is 6.42 Å². The number of thiophene rings is 1. The molecule has 1 rings (SSSR count). The van der Waals surface area contributed by atoms with E-state index in [9.17, 15) is 4.79 Å². The van der Waals surface area contributed by atoms with E-state index >= 15 is 0 Å². The highest BCUT2D eigenvalue weighted by Gasteiger charge is 2.22. The van der Waals surface area contributed by atoms with Gasteiger partial charge in [0.2, 0.25) is 0 Å². The van der Waals surface area contributed by atoms with Crippen molar-refractivity contribution in [2.75, 3.05) is 7.11 Å². The molecule has 0 aliphatic rings. The van der Waals surface area contributed by atoms with Crippen LogP contribution in [0.4, 0.5) is 0 Å². The molecule has 14 heavy (non-hydrogen) atoms. The van der Waals surface area contributed by atoms with Crippen LogP contribution in [0.5, 0.6) is 0 Å². The lowest BCUT2D eigenvalue weighted by Crippen LogP contribution is -2.04. The Morgan fingerprint density at radius 2 is 2.50 bits per heavy atom. The molecule has 0 radical (unpaired) electrons. The molecule has 0 amide bonds. The summed E-state index contributed by atoms with van der Waals surface area (Å²) < 4.78 is 4.53. The first-order valence-electron chi connectivity index (χ1n) is 4.15. The summed E-state index contributed by atoms with van der Waals surface area (Å²) in [6.45, 7) is 8.97. The lowest BCUT2D eigenvalue weighted by atomic mass is 10.1. The van der Waals surface area contributed by atoms with Crippen LogP contribution in [0, 0.1) is 13.5 Å². The molecule has 0 N–H and O–H groups in total. The molecule has 0 spiro atoms. The van der Waals surface area contributed by atoms with Crippen molar-refractivity contribution < 1.29 is 9.53 Å². The van der Waals surface area contributed by atoms with Gasteiger partial charge in [-0.3, -0.25) is 4.79 Å². The predicted molar refractivity (Wildman–Crippen MR) is 55.0 cm³/mol. The van der Waals surface area contributed by atoms with E-state index in [1.807, 2.05) is 18.4 Å². The standard InChI is InChI=1S/C10H11NO2S/c1-7-4-9(14-6-7)8(11-2)5-10(12)13-3/h4,6,8H,5H2,1,3H3. The molecule has 1 heterocycles. The summed E-state index contributed by atoms with van der Waals surface area (Å²) >= 11 is 1.51. The van der Waals surface area contributed by atoms with Crippen LogP contribution in [0.25, 0.3) is 4.85 Å². The minimum Gasteiger partial charge on any atom is -0.469 e. The quantitative estimate of drug-likeness (QED) is 0.566. The van der Waals surface area contributed by atoms with Gasteiger partial charge in [-0.1, -0.05) is 0 Å². The lowest BCUT2D eigenvalue weighted by molar-refractivity contribution is -0.140. The van der Waals surface area contributed by atoms with Crippen LogP contribution >= 0.6 is 11.3 Å². The zero-order chi connectivity index (χ0) is 10.6. The number of hydrogen-bond donors (Lipinski definition) is 0. The maximum atomic E-state index is 11.0. The number of nitrogens with zero attached hydrogens (tertiary/aromatic N) is 1. The van der Waals surface area contributed by atoms with E-state index in [0.717, 1.165) is 10.4 Å². The van der Waals surface area contributed by atoms with Crippen molar-refractivity contribution in [3.05, 3.63) is 33.3 Å². The molecular formula is C10H11NO2S. The van der Waals surface area contributed by atoms with Crippen molar-refractivity contribution in [1.82, 2.24) is 0 Å². The van der Waals surface area contributed by atoms with Gasteiger partial charge in [-0.2, -0.15) is 0 Å². The Hall–Kier alpha value is -1.34. The second-order valence-electron chi connectivity index (χ2n) is 2.95. The van der Waals surface area contributed by atoms with Crippen molar-refractivity contribution in [1.29, 1.82) is 0 Å². The molecule has 0 fully saturated rings. The molecule has 4 heteroatoms. The van der Waals surface area contributed by atoms with Crippen LogP contribution in [-0.2, 0) is 9.53 Å². The number of carbonyl (C=O) groups excluding carboxylic acids is 1. The third-order valence-electron chi connectivity index (χ3n) is 1.82. The summed E-state index contributed by atoms with van der Waals surface area (Å²) in [7, 11) is 1.34. The Morgan fingerprint density at radius 1 is 1.79 bits per heavy atom. The first kappa shape index (κ1) is 10.7. The summed E-state index contributed by atoms with van der Waals surface area (Å²) in [5.74, 6) is -0.336. The van der Waals surface area contributed by atoms with Crippen molar-refractivity contribution >= 4 is 17.3 Å². The van der Waals surface area contributed by atoms with Crippen LogP contribution in [0.2, 0.25) is 0 Å². The molecular weight excluding hydrogens is 198 g/mol. The Bertz CT molecular complexity index is 364. The summed E-state index contributed by atoms with van der Waals surface area (Å²) in [5, 5.41) is 1.98. The second-order valence-corrected chi connectivity index (χ2v) is 3.89. The number of methoxy groups -OCH3 is 1. The number of rotatable bonds is 3. The highest BCUT2D eigenvalue weighted by Crippen LogP contribution is 2.27. The summed E-state index contributed by atoms with van der Waals surface area (Å²) in [6, 6.07) is 1.55. The maximum Gasteiger partial charge on any atom is 0.313 e. The normalized spacial score (nSPS) is 11.8. The number of ether oxygens (including phenoxy) is 1. The lowest BCUT2D eigenvalue weighted by Gasteiger charge is -2.00. The van der Waals surface area contributed by atoms with E-state index in [0.29, 0.717) is 0 Å². The molecule has 0 bridgehead atoms. The SMILES string of the molecule is [C-]#[N+]C(CC(=O)OC)c1cc(C)cs1. The minimum absolute atomic E-state index is 0.139. The Kier molecular flexibility index (Phi) is 3.66. The summed E-state index contributed by atoms with van der Waals surface area (Å²) in [4.78, 5) is 15.4. The van der Waals surface area contributed by atoms with E-state index in [1.165, 1.54) is 18.4 Å². The molecule has 0 aliphatic heterocycles. The van der Waals surface area contributed by atoms with E-state index in [2.05, 4.69) is 9.58 Å². The summed E-state index contributed by atoms with van der Waals surface area (Å²) in [5.41, 5.74) is 1.13. The van der Waals surface area contributed by atoms with E-state index in [-0.39, 0.29) is 18.4 Å². The molecule has 1 atom stereocenters. The third kappa shape index (κ3) is 2.57. The molecule has 1 unspecified atom stereocenters. The van der Waals surface area contributed by atoms with Crippen LogP contribution in [0.1, 0.15) is 22.9 Å². The van der Waals surface area contributed by atoms with Gasteiger partial charge in [0.05, 0.1) is 12.0 Å². The first-order valence-corrected chi connectivity index (χ1v) is 5.03. The number of hydrogen-bond acceptors (Lipinski definition) is 3. The van der Waals surface area contributed by atoms with Gasteiger partial charge in [-0.15, -0.1) is 11.3 Å². The zero-order valence-corrected chi connectivity index (χ0v) is 8.93. The van der Waals surface area contributed by atoms with Crippen LogP contribution < -0.4 is 0 Å². The topological polar surface area (TPSA) is 30.7 Å². The second kappa shape index (κ2) is 4.77. The van der Waals surface area contributed by atoms with E-state index in [4.69, 9.17) is 6.57 Å². The highest BCUT2D eigenvalue weighted by molar-refractivity contribution is 7.10. The van der Waals surface area contributed by atoms with Crippen molar-refractivity contribution in [2.24, 2.45) is 0 Å². The Morgan fingerprint density at radius 3 is 2.93 bits per heavy atom. The smallest absolute Gasteiger partial charge is 0.313 e. The van der Waals surface area contributed by atoms with Gasteiger partial charge >= 0.3 is 5.97 Å².